The average molecular weight is 204 g/mol. The standard InChI is InChI=1S/C12H16N2O/c1-4-10(15)12-9(3)13-11-7-8(2)5-6-14(11)12/h5-7,10,15H,4H2,1-3H3. The highest BCUT2D eigenvalue weighted by molar-refractivity contribution is 5.45. The molecule has 2 aromatic heterocycles. The molecule has 0 saturated heterocycles. The number of fused-ring (bicyclic) bond motifs is 1. The van der Waals surface area contributed by atoms with E-state index >= 15 is 0 Å². The van der Waals surface area contributed by atoms with Gasteiger partial charge in [-0.3, -0.25) is 0 Å². The minimum Gasteiger partial charge on any atom is -0.387 e. The van der Waals surface area contributed by atoms with Crippen LogP contribution in [0, 0.1) is 13.8 Å². The van der Waals surface area contributed by atoms with Crippen LogP contribution in [0.4, 0.5) is 0 Å². The second kappa shape index (κ2) is 3.66. The summed E-state index contributed by atoms with van der Waals surface area (Å²) in [6, 6.07) is 4.05. The number of aryl methyl sites for hydroxylation is 2. The first-order valence-corrected chi connectivity index (χ1v) is 5.26. The van der Waals surface area contributed by atoms with Crippen LogP contribution in [0.5, 0.6) is 0 Å². The van der Waals surface area contributed by atoms with Crippen LogP contribution in [0.25, 0.3) is 5.65 Å². The highest BCUT2D eigenvalue weighted by atomic mass is 16.3. The van der Waals surface area contributed by atoms with Crippen LogP contribution in [0.1, 0.15) is 36.4 Å². The van der Waals surface area contributed by atoms with Crippen LogP contribution < -0.4 is 0 Å². The van der Waals surface area contributed by atoms with Crippen molar-refractivity contribution in [2.24, 2.45) is 0 Å². The molecule has 0 aromatic carbocycles. The maximum atomic E-state index is 9.91. The number of aliphatic hydroxyl groups excluding tert-OH is 1. The van der Waals surface area contributed by atoms with E-state index in [0.29, 0.717) is 6.42 Å². The molecule has 3 heteroatoms. The van der Waals surface area contributed by atoms with Gasteiger partial charge in [0, 0.05) is 6.20 Å². The van der Waals surface area contributed by atoms with Crippen LogP contribution in [0.3, 0.4) is 0 Å². The Kier molecular flexibility index (Phi) is 2.49. The second-order valence-electron chi connectivity index (χ2n) is 3.94. The average Bonchev–Trinajstić information content (AvgIpc) is 2.52. The van der Waals surface area contributed by atoms with Gasteiger partial charge in [-0.2, -0.15) is 0 Å². The minimum absolute atomic E-state index is 0.428. The van der Waals surface area contributed by atoms with Crippen molar-refractivity contribution in [1.82, 2.24) is 9.38 Å². The zero-order valence-electron chi connectivity index (χ0n) is 9.36. The summed E-state index contributed by atoms with van der Waals surface area (Å²) in [5.74, 6) is 0. The van der Waals surface area contributed by atoms with Gasteiger partial charge >= 0.3 is 0 Å². The van der Waals surface area contributed by atoms with E-state index < -0.39 is 6.10 Å². The molecule has 1 N–H and O–H groups in total. The van der Waals surface area contributed by atoms with Crippen molar-refractivity contribution in [2.75, 3.05) is 0 Å². The Labute approximate surface area is 89.4 Å². The normalized spacial score (nSPS) is 13.3. The molecule has 0 amide bonds. The summed E-state index contributed by atoms with van der Waals surface area (Å²) in [6.07, 6.45) is 2.25. The number of imidazole rings is 1. The summed E-state index contributed by atoms with van der Waals surface area (Å²) in [6.45, 7) is 5.95. The molecule has 0 aliphatic rings. The van der Waals surface area contributed by atoms with Gasteiger partial charge in [-0.05, 0) is 38.0 Å². The summed E-state index contributed by atoms with van der Waals surface area (Å²) in [7, 11) is 0. The molecule has 0 spiro atoms. The van der Waals surface area contributed by atoms with E-state index in [1.54, 1.807) is 0 Å². The predicted molar refractivity (Wildman–Crippen MR) is 59.9 cm³/mol. The van der Waals surface area contributed by atoms with E-state index in [1.165, 1.54) is 5.56 Å². The topological polar surface area (TPSA) is 37.5 Å². The van der Waals surface area contributed by atoms with Gasteiger partial charge in [-0.25, -0.2) is 4.98 Å². The van der Waals surface area contributed by atoms with Crippen LogP contribution in [-0.4, -0.2) is 14.5 Å². The lowest BCUT2D eigenvalue weighted by Crippen LogP contribution is -2.02. The van der Waals surface area contributed by atoms with Crippen LogP contribution in [0.2, 0.25) is 0 Å². The Bertz CT molecular complexity index is 488. The van der Waals surface area contributed by atoms with Gasteiger partial charge in [0.25, 0.3) is 0 Å². The zero-order chi connectivity index (χ0) is 11.0. The third-order valence-corrected chi connectivity index (χ3v) is 2.70. The molecule has 1 unspecified atom stereocenters. The summed E-state index contributed by atoms with van der Waals surface area (Å²) in [4.78, 5) is 4.45. The third kappa shape index (κ3) is 1.63. The zero-order valence-corrected chi connectivity index (χ0v) is 9.36. The van der Waals surface area contributed by atoms with Gasteiger partial charge < -0.3 is 9.51 Å². The highest BCUT2D eigenvalue weighted by Gasteiger charge is 2.15. The van der Waals surface area contributed by atoms with E-state index in [0.717, 1.165) is 17.0 Å². The fourth-order valence-electron chi connectivity index (χ4n) is 1.88. The monoisotopic (exact) mass is 204 g/mol. The largest absolute Gasteiger partial charge is 0.387 e. The lowest BCUT2D eigenvalue weighted by molar-refractivity contribution is 0.167. The first kappa shape index (κ1) is 10.2. The Balaban J connectivity index is 2.68. The van der Waals surface area contributed by atoms with Gasteiger partial charge in [0.1, 0.15) is 5.65 Å². The Morgan fingerprint density at radius 1 is 1.47 bits per heavy atom. The number of hydrogen-bond acceptors (Lipinski definition) is 2. The van der Waals surface area contributed by atoms with Crippen LogP contribution >= 0.6 is 0 Å². The van der Waals surface area contributed by atoms with Crippen molar-refractivity contribution in [3.05, 3.63) is 35.3 Å². The fraction of sp³-hybridized carbons (Fsp3) is 0.417. The lowest BCUT2D eigenvalue weighted by atomic mass is 10.2. The number of aromatic nitrogens is 2. The first-order chi connectivity index (χ1) is 7.13. The number of pyridine rings is 1. The smallest absolute Gasteiger partial charge is 0.137 e. The fourth-order valence-corrected chi connectivity index (χ4v) is 1.88. The Morgan fingerprint density at radius 2 is 2.20 bits per heavy atom. The highest BCUT2D eigenvalue weighted by Crippen LogP contribution is 2.22. The number of hydrogen-bond donors (Lipinski definition) is 1. The number of aliphatic hydroxyl groups is 1. The maximum absolute atomic E-state index is 9.91. The van der Waals surface area contributed by atoms with Crippen LogP contribution in [-0.2, 0) is 0 Å². The van der Waals surface area contributed by atoms with Gasteiger partial charge in [-0.15, -0.1) is 0 Å². The second-order valence-corrected chi connectivity index (χ2v) is 3.94. The first-order valence-electron chi connectivity index (χ1n) is 5.26. The molecule has 80 valence electrons. The van der Waals surface area contributed by atoms with E-state index in [2.05, 4.69) is 4.98 Å². The summed E-state index contributed by atoms with van der Waals surface area (Å²) in [5, 5.41) is 9.91. The lowest BCUT2D eigenvalue weighted by Gasteiger charge is -2.08. The van der Waals surface area contributed by atoms with Gasteiger partial charge in [0.05, 0.1) is 17.5 Å². The van der Waals surface area contributed by atoms with Gasteiger partial charge in [-0.1, -0.05) is 6.92 Å². The van der Waals surface area contributed by atoms with Crippen molar-refractivity contribution in [3.8, 4) is 0 Å². The summed E-state index contributed by atoms with van der Waals surface area (Å²) in [5.41, 5.74) is 3.92. The molecule has 2 heterocycles. The molecule has 2 rings (SSSR count). The molecule has 0 radical (unpaired) electrons. The molecule has 0 fully saturated rings. The molecular formula is C12H16N2O. The number of nitrogens with zero attached hydrogens (tertiary/aromatic N) is 2. The van der Waals surface area contributed by atoms with Crippen molar-refractivity contribution in [1.29, 1.82) is 0 Å². The van der Waals surface area contributed by atoms with E-state index in [-0.39, 0.29) is 0 Å². The summed E-state index contributed by atoms with van der Waals surface area (Å²) >= 11 is 0. The Morgan fingerprint density at radius 3 is 2.87 bits per heavy atom. The molecule has 3 nitrogen and oxygen atoms in total. The van der Waals surface area contributed by atoms with Crippen molar-refractivity contribution < 1.29 is 5.11 Å². The van der Waals surface area contributed by atoms with E-state index in [1.807, 2.05) is 43.5 Å². The molecule has 1 atom stereocenters. The molecule has 15 heavy (non-hydrogen) atoms. The van der Waals surface area contributed by atoms with Crippen molar-refractivity contribution in [3.63, 3.8) is 0 Å². The van der Waals surface area contributed by atoms with E-state index in [4.69, 9.17) is 0 Å². The molecule has 0 saturated carbocycles. The SMILES string of the molecule is CCC(O)c1c(C)nc2cc(C)ccn12. The molecule has 0 aliphatic heterocycles. The van der Waals surface area contributed by atoms with Crippen LogP contribution in [0.15, 0.2) is 18.3 Å². The van der Waals surface area contributed by atoms with Crippen molar-refractivity contribution >= 4 is 5.65 Å². The third-order valence-electron chi connectivity index (χ3n) is 2.70. The number of rotatable bonds is 2. The minimum atomic E-state index is -0.428. The van der Waals surface area contributed by atoms with Gasteiger partial charge in [0.15, 0.2) is 0 Å². The summed E-state index contributed by atoms with van der Waals surface area (Å²) < 4.78 is 1.97. The van der Waals surface area contributed by atoms with Crippen molar-refractivity contribution in [2.45, 2.75) is 33.3 Å². The Hall–Kier alpha value is -1.35. The molecule has 0 bridgehead atoms. The van der Waals surface area contributed by atoms with Gasteiger partial charge in [0.2, 0.25) is 0 Å². The molecular weight excluding hydrogens is 188 g/mol. The predicted octanol–water partition coefficient (Wildman–Crippen LogP) is 2.39. The molecule has 0 aliphatic carbocycles. The van der Waals surface area contributed by atoms with E-state index in [9.17, 15) is 5.11 Å². The quantitative estimate of drug-likeness (QED) is 0.815. The molecule has 2 aromatic rings. The maximum Gasteiger partial charge on any atom is 0.137 e.